The van der Waals surface area contributed by atoms with Gasteiger partial charge in [0, 0.05) is 11.6 Å². The zero-order valence-corrected chi connectivity index (χ0v) is 19.9. The van der Waals surface area contributed by atoms with Gasteiger partial charge >= 0.3 is 5.97 Å². The van der Waals surface area contributed by atoms with E-state index in [-0.39, 0.29) is 18.1 Å². The van der Waals surface area contributed by atoms with Crippen molar-refractivity contribution in [2.45, 2.75) is 13.0 Å². The third-order valence-electron chi connectivity index (χ3n) is 5.58. The van der Waals surface area contributed by atoms with Gasteiger partial charge in [0.15, 0.2) is 23.4 Å². The Morgan fingerprint density at radius 2 is 1.94 bits per heavy atom. The minimum atomic E-state index is -0.498. The molecule has 0 saturated carbocycles. The van der Waals surface area contributed by atoms with Gasteiger partial charge in [-0.2, -0.15) is 9.50 Å². The number of para-hydroxylation sites is 2. The predicted molar refractivity (Wildman–Crippen MR) is 131 cm³/mol. The van der Waals surface area contributed by atoms with Crippen LogP contribution >= 0.6 is 11.3 Å². The van der Waals surface area contributed by atoms with Crippen LogP contribution in [0.2, 0.25) is 0 Å². The molecule has 9 nitrogen and oxygen atoms in total. The minimum absolute atomic E-state index is 0.262. The highest BCUT2D eigenvalue weighted by Gasteiger charge is 2.27. The van der Waals surface area contributed by atoms with Crippen molar-refractivity contribution in [3.05, 3.63) is 92.7 Å². The maximum absolute atomic E-state index is 12.9. The lowest BCUT2D eigenvalue weighted by Gasteiger charge is -2.24. The zero-order valence-electron chi connectivity index (χ0n) is 19.0. The fourth-order valence-electron chi connectivity index (χ4n) is 3.83. The van der Waals surface area contributed by atoms with E-state index in [1.807, 2.05) is 30.3 Å². The van der Waals surface area contributed by atoms with Gasteiger partial charge in [-0.3, -0.25) is 4.79 Å². The van der Waals surface area contributed by atoms with E-state index < -0.39 is 6.10 Å². The number of esters is 1. The van der Waals surface area contributed by atoms with E-state index in [2.05, 4.69) is 10.1 Å². The molecule has 0 bridgehead atoms. The average Bonchev–Trinajstić information content (AvgIpc) is 3.61. The fraction of sp³-hybridized carbons (Fsp3) is 0.154. The van der Waals surface area contributed by atoms with Crippen LogP contribution in [0.25, 0.3) is 22.4 Å². The lowest BCUT2D eigenvalue weighted by Crippen LogP contribution is -2.26. The number of rotatable bonds is 5. The standard InChI is InChI=1S/C26H19N3O6S/c1-2-32-25(31)16-9-7-15(8-10-16)18-12-11-17(34-18)13-22-24(30)29-26(36-22)27-23(28-29)21-14-33-19-5-3-4-6-20(19)35-21/h3-13,21H,2,14H2,1H3/b22-13-. The number of benzene rings is 2. The molecule has 0 spiro atoms. The molecule has 1 aliphatic rings. The summed E-state index contributed by atoms with van der Waals surface area (Å²) in [6.07, 6.45) is 1.16. The average molecular weight is 502 g/mol. The topological polar surface area (TPSA) is 105 Å². The van der Waals surface area contributed by atoms with Gasteiger partial charge in [0.25, 0.3) is 5.56 Å². The SMILES string of the molecule is CCOC(=O)c1ccc(-c2ccc(/C=c3\sc4nc(C5COc6ccccc6O5)nn4c3=O)o2)cc1. The molecule has 36 heavy (non-hydrogen) atoms. The van der Waals surface area contributed by atoms with E-state index in [0.717, 1.165) is 5.56 Å². The van der Waals surface area contributed by atoms with Crippen LogP contribution in [0, 0.1) is 0 Å². The molecular weight excluding hydrogens is 482 g/mol. The summed E-state index contributed by atoms with van der Waals surface area (Å²) >= 11 is 1.22. The van der Waals surface area contributed by atoms with Gasteiger partial charge in [0.05, 0.1) is 12.2 Å². The summed E-state index contributed by atoms with van der Waals surface area (Å²) in [7, 11) is 0. The number of furan rings is 1. The molecule has 0 aliphatic carbocycles. The van der Waals surface area contributed by atoms with Crippen molar-refractivity contribution in [3.8, 4) is 22.8 Å². The Morgan fingerprint density at radius 1 is 1.14 bits per heavy atom. The monoisotopic (exact) mass is 501 g/mol. The van der Waals surface area contributed by atoms with Gasteiger partial charge in [-0.25, -0.2) is 4.79 Å². The lowest BCUT2D eigenvalue weighted by atomic mass is 10.1. The third kappa shape index (κ3) is 4.01. The molecule has 1 aliphatic heterocycles. The molecule has 180 valence electrons. The molecule has 0 fully saturated rings. The first-order valence-corrected chi connectivity index (χ1v) is 12.1. The van der Waals surface area contributed by atoms with Crippen LogP contribution in [0.15, 0.2) is 69.9 Å². The maximum Gasteiger partial charge on any atom is 0.338 e. The summed E-state index contributed by atoms with van der Waals surface area (Å²) in [5.41, 5.74) is 0.981. The smallest absolute Gasteiger partial charge is 0.338 e. The Balaban J connectivity index is 1.23. The molecule has 0 saturated heterocycles. The number of carbonyl (C=O) groups excluding carboxylic acids is 1. The molecule has 3 aromatic heterocycles. The quantitative estimate of drug-likeness (QED) is 0.336. The number of ether oxygens (including phenoxy) is 3. The summed E-state index contributed by atoms with van der Waals surface area (Å²) in [5.74, 6) is 2.44. The summed E-state index contributed by atoms with van der Waals surface area (Å²) in [5, 5.41) is 4.37. The number of aromatic nitrogens is 3. The number of fused-ring (bicyclic) bond motifs is 2. The minimum Gasteiger partial charge on any atom is -0.485 e. The van der Waals surface area contributed by atoms with Gasteiger partial charge in [0.1, 0.15) is 22.7 Å². The van der Waals surface area contributed by atoms with E-state index in [0.29, 0.717) is 50.5 Å². The largest absolute Gasteiger partial charge is 0.485 e. The number of thiazole rings is 1. The number of hydrogen-bond donors (Lipinski definition) is 0. The number of hydrogen-bond acceptors (Lipinski definition) is 9. The van der Waals surface area contributed by atoms with Crippen molar-refractivity contribution in [2.24, 2.45) is 0 Å². The second-order valence-electron chi connectivity index (χ2n) is 7.94. The van der Waals surface area contributed by atoms with Crippen LogP contribution in [0.4, 0.5) is 0 Å². The highest BCUT2D eigenvalue weighted by atomic mass is 32.1. The first kappa shape index (κ1) is 22.1. The molecule has 1 atom stereocenters. The van der Waals surface area contributed by atoms with Gasteiger partial charge < -0.3 is 18.6 Å². The Labute approximate surface area is 208 Å². The van der Waals surface area contributed by atoms with E-state index >= 15 is 0 Å². The van der Waals surface area contributed by atoms with Crippen LogP contribution in [-0.2, 0) is 4.74 Å². The molecule has 0 amide bonds. The summed E-state index contributed by atoms with van der Waals surface area (Å²) in [4.78, 5) is 29.7. The third-order valence-corrected chi connectivity index (χ3v) is 6.53. The van der Waals surface area contributed by atoms with Crippen molar-refractivity contribution in [1.29, 1.82) is 0 Å². The molecule has 2 aromatic carbocycles. The number of carbonyl (C=O) groups is 1. The van der Waals surface area contributed by atoms with Crippen molar-refractivity contribution in [2.75, 3.05) is 13.2 Å². The first-order chi connectivity index (χ1) is 17.6. The van der Waals surface area contributed by atoms with Gasteiger partial charge in [-0.15, -0.1) is 5.10 Å². The van der Waals surface area contributed by atoms with Crippen molar-refractivity contribution in [3.63, 3.8) is 0 Å². The zero-order chi connectivity index (χ0) is 24.6. The lowest BCUT2D eigenvalue weighted by molar-refractivity contribution is 0.0526. The van der Waals surface area contributed by atoms with Crippen molar-refractivity contribution >= 4 is 28.3 Å². The van der Waals surface area contributed by atoms with E-state index in [9.17, 15) is 9.59 Å². The van der Waals surface area contributed by atoms with E-state index in [4.69, 9.17) is 18.6 Å². The molecule has 1 unspecified atom stereocenters. The van der Waals surface area contributed by atoms with Gasteiger partial charge in [-0.05, 0) is 43.3 Å². The molecule has 5 aromatic rings. The molecule has 10 heteroatoms. The number of nitrogens with zero attached hydrogens (tertiary/aromatic N) is 3. The highest BCUT2D eigenvalue weighted by Crippen LogP contribution is 2.35. The van der Waals surface area contributed by atoms with Crippen LogP contribution in [0.5, 0.6) is 11.5 Å². The highest BCUT2D eigenvalue weighted by molar-refractivity contribution is 7.15. The Morgan fingerprint density at radius 3 is 2.72 bits per heavy atom. The Hall–Kier alpha value is -4.44. The molecular formula is C26H19N3O6S. The van der Waals surface area contributed by atoms with Gasteiger partial charge in [0.2, 0.25) is 4.96 Å². The van der Waals surface area contributed by atoms with E-state index in [1.165, 1.54) is 15.9 Å². The summed E-state index contributed by atoms with van der Waals surface area (Å²) in [6.45, 7) is 2.35. The summed E-state index contributed by atoms with van der Waals surface area (Å²) in [6, 6.07) is 17.9. The van der Waals surface area contributed by atoms with Crippen LogP contribution in [0.3, 0.4) is 0 Å². The molecule has 6 rings (SSSR count). The first-order valence-electron chi connectivity index (χ1n) is 11.3. The van der Waals surface area contributed by atoms with Crippen LogP contribution in [0.1, 0.15) is 35.0 Å². The second kappa shape index (κ2) is 8.97. The predicted octanol–water partition coefficient (Wildman–Crippen LogP) is 3.65. The Kier molecular flexibility index (Phi) is 5.49. The Bertz CT molecular complexity index is 1680. The fourth-order valence-corrected chi connectivity index (χ4v) is 4.73. The summed E-state index contributed by atoms with van der Waals surface area (Å²) < 4.78 is 24.3. The van der Waals surface area contributed by atoms with Crippen LogP contribution in [-0.4, -0.2) is 33.8 Å². The van der Waals surface area contributed by atoms with Crippen LogP contribution < -0.4 is 19.6 Å². The second-order valence-corrected chi connectivity index (χ2v) is 8.95. The van der Waals surface area contributed by atoms with Crippen molar-refractivity contribution < 1.29 is 23.4 Å². The van der Waals surface area contributed by atoms with Gasteiger partial charge in [-0.1, -0.05) is 35.6 Å². The maximum atomic E-state index is 12.9. The molecule has 4 heterocycles. The molecule has 0 radical (unpaired) electrons. The van der Waals surface area contributed by atoms with E-state index in [1.54, 1.807) is 43.3 Å². The molecule has 0 N–H and O–H groups in total. The van der Waals surface area contributed by atoms with Crippen molar-refractivity contribution in [1.82, 2.24) is 14.6 Å². The normalized spacial score (nSPS) is 15.4.